The van der Waals surface area contributed by atoms with Gasteiger partial charge in [-0.3, -0.25) is 19.2 Å². The van der Waals surface area contributed by atoms with Gasteiger partial charge >= 0.3 is 23.9 Å². The fourth-order valence-corrected chi connectivity index (χ4v) is 7.09. The molecule has 0 fully saturated rings. The highest BCUT2D eigenvalue weighted by Crippen LogP contribution is 2.36. The number of rotatable bonds is 36. The molecule has 336 valence electrons. The molecule has 0 saturated heterocycles. The molecule has 2 N–H and O–H groups in total. The molecule has 0 bridgehead atoms. The van der Waals surface area contributed by atoms with Crippen molar-refractivity contribution in [2.45, 2.75) is 124 Å². The Kier molecular flexibility index (Phi) is 27.6. The lowest BCUT2D eigenvalue weighted by Gasteiger charge is -2.35. The average molecular weight is 835 g/mol. The summed E-state index contributed by atoms with van der Waals surface area (Å²) >= 11 is 0. The number of hydrogen-bond donors (Lipinski definition) is 2. The monoisotopic (exact) mass is 835 g/mol. The predicted octanol–water partition coefficient (Wildman–Crippen LogP) is 7.87. The second kappa shape index (κ2) is 31.8. The Morgan fingerprint density at radius 3 is 1.68 bits per heavy atom. The maximum absolute atomic E-state index is 12.9. The Morgan fingerprint density at radius 1 is 0.593 bits per heavy atom. The fourth-order valence-electron chi connectivity index (χ4n) is 7.09. The van der Waals surface area contributed by atoms with Crippen molar-refractivity contribution in [3.63, 3.8) is 0 Å². The van der Waals surface area contributed by atoms with E-state index in [1.165, 1.54) is 56.3 Å². The van der Waals surface area contributed by atoms with Crippen LogP contribution >= 0.6 is 0 Å². The van der Waals surface area contributed by atoms with E-state index in [0.717, 1.165) is 32.1 Å². The van der Waals surface area contributed by atoms with E-state index in [9.17, 15) is 29.4 Å². The second-order valence-electron chi connectivity index (χ2n) is 15.5. The highest BCUT2D eigenvalue weighted by atomic mass is 16.6. The smallest absolute Gasteiger partial charge is 0.325 e. The molecule has 0 aliphatic heterocycles. The van der Waals surface area contributed by atoms with Crippen molar-refractivity contribution < 1.29 is 57.8 Å². The summed E-state index contributed by atoms with van der Waals surface area (Å²) in [7, 11) is 0. The molecular formula is C45H74N2O12. The number of aliphatic carboxylic acids is 2. The number of hydrogen-bond acceptors (Lipinski definition) is 12. The number of carboxylic acid groups (broad SMARTS) is 2. The maximum atomic E-state index is 12.9. The van der Waals surface area contributed by atoms with Crippen LogP contribution in [0.3, 0.4) is 0 Å². The Labute approximate surface area is 352 Å². The summed E-state index contributed by atoms with van der Waals surface area (Å²) in [5, 5.41) is 19.4. The number of carboxylic acids is 2. The third-order valence-electron chi connectivity index (χ3n) is 9.98. The number of carbonyl (C=O) groups is 4. The van der Waals surface area contributed by atoms with E-state index < -0.39 is 30.4 Å². The van der Waals surface area contributed by atoms with Gasteiger partial charge in [0.15, 0.2) is 0 Å². The van der Waals surface area contributed by atoms with Gasteiger partial charge < -0.3 is 48.4 Å². The van der Waals surface area contributed by atoms with Gasteiger partial charge in [-0.25, -0.2) is 0 Å². The van der Waals surface area contributed by atoms with Gasteiger partial charge in [-0.1, -0.05) is 104 Å². The lowest BCUT2D eigenvalue weighted by Crippen LogP contribution is -2.38. The van der Waals surface area contributed by atoms with Crippen LogP contribution in [-0.4, -0.2) is 118 Å². The molecule has 59 heavy (non-hydrogen) atoms. The van der Waals surface area contributed by atoms with E-state index in [-0.39, 0.29) is 71.1 Å². The lowest BCUT2D eigenvalue weighted by molar-refractivity contribution is -0.147. The number of esters is 2. The van der Waals surface area contributed by atoms with Crippen LogP contribution in [0.5, 0.6) is 5.75 Å². The van der Waals surface area contributed by atoms with E-state index in [4.69, 9.17) is 28.4 Å². The van der Waals surface area contributed by atoms with Gasteiger partial charge in [0, 0.05) is 25.6 Å². The predicted molar refractivity (Wildman–Crippen MR) is 226 cm³/mol. The summed E-state index contributed by atoms with van der Waals surface area (Å²) in [5.41, 5.74) is 1.12. The zero-order chi connectivity index (χ0) is 43.1. The van der Waals surface area contributed by atoms with Crippen LogP contribution in [0, 0.1) is 11.8 Å². The molecule has 2 atom stereocenters. The van der Waals surface area contributed by atoms with Gasteiger partial charge in [0.2, 0.25) is 0 Å². The summed E-state index contributed by atoms with van der Waals surface area (Å²) in [6.07, 6.45) is 15.8. The van der Waals surface area contributed by atoms with Crippen LogP contribution in [0.15, 0.2) is 35.7 Å². The largest absolute Gasteiger partial charge is 0.496 e. The summed E-state index contributed by atoms with van der Waals surface area (Å²) in [5.74, 6) is -1.98. The van der Waals surface area contributed by atoms with Gasteiger partial charge in [0.05, 0.1) is 37.8 Å². The van der Waals surface area contributed by atoms with Crippen molar-refractivity contribution in [1.82, 2.24) is 4.90 Å². The molecule has 1 aliphatic carbocycles. The first-order valence-corrected chi connectivity index (χ1v) is 22.0. The first kappa shape index (κ1) is 51.1. The highest BCUT2D eigenvalue weighted by Gasteiger charge is 2.31. The van der Waals surface area contributed by atoms with E-state index in [0.29, 0.717) is 48.9 Å². The molecule has 1 aliphatic rings. The van der Waals surface area contributed by atoms with Gasteiger partial charge in [-0.15, -0.1) is 0 Å². The standard InChI is InChI=1S/C45H74N2O12/c1-5-7-9-11-13-17-22-54-26-28-57-43(52)34-46(32-41(48)49)38-20-15-16-21-40(38)56-24-19-25-59-45-37(4)30-36(3)31-39(45)47(33-42(50)51)35-44(53)58-29-27-55-23-18-14-12-10-8-6-2/h15-16,20-21,36-37H,5-14,17-19,22-35H2,1-4H3,(H,48,49)(H,50,51). The fraction of sp³-hybridized carbons (Fsp3) is 0.733. The summed E-state index contributed by atoms with van der Waals surface area (Å²) in [6, 6.07) is 6.91. The average Bonchev–Trinajstić information content (AvgIpc) is 3.19. The number of para-hydroxylation sites is 2. The number of anilines is 1. The summed E-state index contributed by atoms with van der Waals surface area (Å²) < 4.78 is 34.4. The number of unbranched alkanes of at least 4 members (excludes halogenated alkanes) is 10. The normalized spacial score (nSPS) is 15.1. The Balaban J connectivity index is 1.92. The van der Waals surface area contributed by atoms with Crippen molar-refractivity contribution in [3.05, 3.63) is 35.7 Å². The highest BCUT2D eigenvalue weighted by molar-refractivity contribution is 5.82. The van der Waals surface area contributed by atoms with E-state index in [1.807, 2.05) is 6.92 Å². The van der Waals surface area contributed by atoms with Crippen molar-refractivity contribution in [1.29, 1.82) is 0 Å². The van der Waals surface area contributed by atoms with Crippen molar-refractivity contribution in [3.8, 4) is 5.75 Å². The number of allylic oxidation sites excluding steroid dienone is 2. The Hall–Kier alpha value is -4.04. The zero-order valence-electron chi connectivity index (χ0n) is 36.4. The molecule has 0 aromatic heterocycles. The number of nitrogens with zero attached hydrogens (tertiary/aromatic N) is 2. The molecule has 0 amide bonds. The van der Waals surface area contributed by atoms with Gasteiger partial charge in [0.1, 0.15) is 50.9 Å². The minimum absolute atomic E-state index is 0.00528. The topological polar surface area (TPSA) is 171 Å². The van der Waals surface area contributed by atoms with Gasteiger partial charge in [-0.2, -0.15) is 0 Å². The van der Waals surface area contributed by atoms with Crippen LogP contribution in [0.25, 0.3) is 0 Å². The Bertz CT molecular complexity index is 1370. The number of carbonyl (C=O) groups excluding carboxylic acids is 2. The molecule has 2 rings (SSSR count). The van der Waals surface area contributed by atoms with Gasteiger partial charge in [-0.05, 0) is 43.7 Å². The molecule has 1 aromatic carbocycles. The van der Waals surface area contributed by atoms with Gasteiger partial charge in [0.25, 0.3) is 0 Å². The van der Waals surface area contributed by atoms with Crippen LogP contribution in [0.2, 0.25) is 0 Å². The van der Waals surface area contributed by atoms with Crippen LogP contribution in [0.1, 0.15) is 124 Å². The van der Waals surface area contributed by atoms with Crippen molar-refractivity contribution >= 4 is 29.6 Å². The van der Waals surface area contributed by atoms with Crippen LogP contribution in [-0.2, 0) is 42.9 Å². The van der Waals surface area contributed by atoms with Crippen LogP contribution < -0.4 is 9.64 Å². The third-order valence-corrected chi connectivity index (χ3v) is 9.98. The number of ether oxygens (including phenoxy) is 6. The summed E-state index contributed by atoms with van der Waals surface area (Å²) in [6.45, 7) is 9.62. The molecule has 14 heteroatoms. The van der Waals surface area contributed by atoms with Crippen molar-refractivity contribution in [2.24, 2.45) is 11.8 Å². The van der Waals surface area contributed by atoms with Crippen LogP contribution in [0.4, 0.5) is 5.69 Å². The molecular weight excluding hydrogens is 760 g/mol. The lowest BCUT2D eigenvalue weighted by atomic mass is 9.85. The maximum Gasteiger partial charge on any atom is 0.325 e. The molecule has 0 radical (unpaired) electrons. The van der Waals surface area contributed by atoms with E-state index in [2.05, 4.69) is 20.8 Å². The molecule has 0 spiro atoms. The minimum Gasteiger partial charge on any atom is -0.496 e. The first-order chi connectivity index (χ1) is 28.5. The first-order valence-electron chi connectivity index (χ1n) is 22.0. The quantitative estimate of drug-likeness (QED) is 0.0494. The minimum atomic E-state index is -1.11. The summed E-state index contributed by atoms with van der Waals surface area (Å²) in [4.78, 5) is 52.3. The molecule has 14 nitrogen and oxygen atoms in total. The molecule has 1 aromatic rings. The SMILES string of the molecule is CCCCCCCCOCCOC(=O)CN(CC(=O)O)C1=C(OCCCOc2ccccc2N(CC(=O)O)CC(=O)OCCOCCCCCCCC)C(C)CC(C)C1. The van der Waals surface area contributed by atoms with Crippen molar-refractivity contribution in [2.75, 3.05) is 83.9 Å². The molecule has 0 saturated carbocycles. The third kappa shape index (κ3) is 23.4. The Morgan fingerprint density at radius 2 is 1.10 bits per heavy atom. The molecule has 0 heterocycles. The second-order valence-corrected chi connectivity index (χ2v) is 15.5. The number of benzene rings is 1. The van der Waals surface area contributed by atoms with E-state index in [1.54, 1.807) is 29.2 Å². The molecule has 2 unspecified atom stereocenters. The van der Waals surface area contributed by atoms with E-state index >= 15 is 0 Å². The zero-order valence-corrected chi connectivity index (χ0v) is 36.4.